The average Bonchev–Trinajstić information content (AvgIpc) is 2.16. The summed E-state index contributed by atoms with van der Waals surface area (Å²) in [6, 6.07) is 4.51. The molecule has 0 aliphatic rings. The highest BCUT2D eigenvalue weighted by Crippen LogP contribution is 2.14. The van der Waals surface area contributed by atoms with Crippen molar-refractivity contribution in [2.24, 2.45) is 0 Å². The molecule has 0 aliphatic carbocycles. The molecule has 2 heteroatoms. The van der Waals surface area contributed by atoms with Crippen molar-refractivity contribution >= 4 is 5.78 Å². The van der Waals surface area contributed by atoms with Crippen LogP contribution in [0.4, 0.5) is 4.39 Å². The number of ketones is 1. The fourth-order valence-corrected chi connectivity index (χ4v) is 1.26. The highest BCUT2D eigenvalue weighted by molar-refractivity contribution is 6.05. The molecule has 1 aromatic rings. The minimum Gasteiger partial charge on any atom is -0.289 e. The van der Waals surface area contributed by atoms with Crippen molar-refractivity contribution in [1.82, 2.24) is 0 Å². The van der Waals surface area contributed by atoms with Gasteiger partial charge in [0.25, 0.3) is 0 Å². The van der Waals surface area contributed by atoms with Gasteiger partial charge in [-0.3, -0.25) is 4.79 Å². The van der Waals surface area contributed by atoms with E-state index in [1.54, 1.807) is 6.07 Å². The van der Waals surface area contributed by atoms with Crippen molar-refractivity contribution in [3.8, 4) is 0 Å². The maximum Gasteiger partial charge on any atom is 0.185 e. The van der Waals surface area contributed by atoms with E-state index in [9.17, 15) is 9.18 Å². The molecule has 68 valence electrons. The van der Waals surface area contributed by atoms with Gasteiger partial charge in [0, 0.05) is 5.56 Å². The summed E-state index contributed by atoms with van der Waals surface area (Å²) >= 11 is 0. The van der Waals surface area contributed by atoms with Gasteiger partial charge in [0.15, 0.2) is 5.78 Å². The SMILES string of the molecule is C=CC(=O)c1cccc(F)c1CC. The zero-order chi connectivity index (χ0) is 9.84. The van der Waals surface area contributed by atoms with Crippen molar-refractivity contribution in [2.75, 3.05) is 0 Å². The lowest BCUT2D eigenvalue weighted by atomic mass is 10.0. The molecule has 1 aromatic carbocycles. The third-order valence-electron chi connectivity index (χ3n) is 1.92. The first-order valence-corrected chi connectivity index (χ1v) is 4.14. The second kappa shape index (κ2) is 3.99. The van der Waals surface area contributed by atoms with Crippen LogP contribution in [0.15, 0.2) is 30.9 Å². The molecular formula is C11H11FO. The molecule has 1 rings (SSSR count). The van der Waals surface area contributed by atoms with E-state index >= 15 is 0 Å². The van der Waals surface area contributed by atoms with Crippen molar-refractivity contribution in [1.29, 1.82) is 0 Å². The Bertz CT molecular complexity index is 342. The molecule has 0 bridgehead atoms. The molecule has 0 amide bonds. The third kappa shape index (κ3) is 1.83. The summed E-state index contributed by atoms with van der Waals surface area (Å²) in [5.74, 6) is -0.549. The third-order valence-corrected chi connectivity index (χ3v) is 1.92. The molecule has 0 aromatic heterocycles. The van der Waals surface area contributed by atoms with E-state index < -0.39 is 0 Å². The maximum atomic E-state index is 13.2. The Hall–Kier alpha value is -1.44. The number of carbonyl (C=O) groups excluding carboxylic acids is 1. The number of carbonyl (C=O) groups is 1. The minimum absolute atomic E-state index is 0.226. The van der Waals surface area contributed by atoms with Crippen LogP contribution in [0, 0.1) is 5.82 Å². The molecule has 1 nitrogen and oxygen atoms in total. The summed E-state index contributed by atoms with van der Waals surface area (Å²) in [5, 5.41) is 0. The second-order valence-electron chi connectivity index (χ2n) is 2.69. The van der Waals surface area contributed by atoms with E-state index in [1.165, 1.54) is 18.2 Å². The van der Waals surface area contributed by atoms with Crippen LogP contribution in [0.25, 0.3) is 0 Å². The lowest BCUT2D eigenvalue weighted by Crippen LogP contribution is -2.02. The fraction of sp³-hybridized carbons (Fsp3) is 0.182. The van der Waals surface area contributed by atoms with Gasteiger partial charge in [0.05, 0.1) is 0 Å². The molecule has 0 aliphatic heterocycles. The van der Waals surface area contributed by atoms with Gasteiger partial charge in [0.2, 0.25) is 0 Å². The van der Waals surface area contributed by atoms with E-state index in [1.807, 2.05) is 6.92 Å². The zero-order valence-corrected chi connectivity index (χ0v) is 7.51. The van der Waals surface area contributed by atoms with Gasteiger partial charge in [-0.1, -0.05) is 25.6 Å². The van der Waals surface area contributed by atoms with Gasteiger partial charge in [-0.25, -0.2) is 4.39 Å². The van der Waals surface area contributed by atoms with E-state index in [4.69, 9.17) is 0 Å². The van der Waals surface area contributed by atoms with Crippen LogP contribution >= 0.6 is 0 Å². The molecule has 0 atom stereocenters. The standard InChI is InChI=1S/C11H11FO/c1-3-8-9(11(13)4-2)6-5-7-10(8)12/h4-7H,2-3H2,1H3. The number of benzene rings is 1. The summed E-state index contributed by atoms with van der Waals surface area (Å²) in [6.45, 7) is 5.19. The van der Waals surface area contributed by atoms with Crippen LogP contribution in [0.1, 0.15) is 22.8 Å². The van der Waals surface area contributed by atoms with Gasteiger partial charge in [-0.2, -0.15) is 0 Å². The molecule has 0 radical (unpaired) electrons. The lowest BCUT2D eigenvalue weighted by molar-refractivity contribution is 0.104. The Morgan fingerprint density at radius 3 is 2.85 bits per heavy atom. The minimum atomic E-state index is -0.324. The van der Waals surface area contributed by atoms with Crippen LogP contribution in [0.2, 0.25) is 0 Å². The van der Waals surface area contributed by atoms with Gasteiger partial charge in [-0.15, -0.1) is 0 Å². The second-order valence-corrected chi connectivity index (χ2v) is 2.69. The first-order chi connectivity index (χ1) is 6.20. The molecule has 0 fully saturated rings. The Morgan fingerprint density at radius 2 is 2.31 bits per heavy atom. The van der Waals surface area contributed by atoms with Crippen molar-refractivity contribution in [2.45, 2.75) is 13.3 Å². The van der Waals surface area contributed by atoms with Gasteiger partial charge >= 0.3 is 0 Å². The van der Waals surface area contributed by atoms with E-state index in [0.717, 1.165) is 0 Å². The highest BCUT2D eigenvalue weighted by atomic mass is 19.1. The predicted molar refractivity (Wildman–Crippen MR) is 50.3 cm³/mol. The molecule has 0 saturated carbocycles. The summed E-state index contributed by atoms with van der Waals surface area (Å²) in [7, 11) is 0. The van der Waals surface area contributed by atoms with Crippen LogP contribution in [-0.4, -0.2) is 5.78 Å². The summed E-state index contributed by atoms with van der Waals surface area (Å²) < 4.78 is 13.2. The molecule has 0 unspecified atom stereocenters. The van der Waals surface area contributed by atoms with Crippen LogP contribution in [-0.2, 0) is 6.42 Å². The van der Waals surface area contributed by atoms with Crippen LogP contribution < -0.4 is 0 Å². The van der Waals surface area contributed by atoms with Gasteiger partial charge < -0.3 is 0 Å². The first-order valence-electron chi connectivity index (χ1n) is 4.14. The predicted octanol–water partition coefficient (Wildman–Crippen LogP) is 2.76. The number of allylic oxidation sites excluding steroid dienone is 1. The number of hydrogen-bond donors (Lipinski definition) is 0. The number of hydrogen-bond acceptors (Lipinski definition) is 1. The molecule has 0 spiro atoms. The summed E-state index contributed by atoms with van der Waals surface area (Å²) in [4.78, 5) is 11.3. The smallest absolute Gasteiger partial charge is 0.185 e. The normalized spacial score (nSPS) is 9.69. The molecule has 0 heterocycles. The quantitative estimate of drug-likeness (QED) is 0.513. The average molecular weight is 178 g/mol. The van der Waals surface area contributed by atoms with E-state index in [-0.39, 0.29) is 11.6 Å². The number of rotatable bonds is 3. The fourth-order valence-electron chi connectivity index (χ4n) is 1.26. The van der Waals surface area contributed by atoms with Crippen molar-refractivity contribution in [3.05, 3.63) is 47.8 Å². The van der Waals surface area contributed by atoms with Gasteiger partial charge in [0.1, 0.15) is 5.82 Å². The Labute approximate surface area is 76.9 Å². The highest BCUT2D eigenvalue weighted by Gasteiger charge is 2.10. The Kier molecular flexibility index (Phi) is 2.96. The maximum absolute atomic E-state index is 13.2. The van der Waals surface area contributed by atoms with Crippen LogP contribution in [0.5, 0.6) is 0 Å². The van der Waals surface area contributed by atoms with E-state index in [0.29, 0.717) is 17.5 Å². The topological polar surface area (TPSA) is 17.1 Å². The molecule has 0 N–H and O–H groups in total. The largest absolute Gasteiger partial charge is 0.289 e. The van der Waals surface area contributed by atoms with Crippen molar-refractivity contribution < 1.29 is 9.18 Å². The molecule has 0 saturated heterocycles. The van der Waals surface area contributed by atoms with Crippen molar-refractivity contribution in [3.63, 3.8) is 0 Å². The zero-order valence-electron chi connectivity index (χ0n) is 7.51. The summed E-state index contributed by atoms with van der Waals surface area (Å²) in [6.07, 6.45) is 1.72. The summed E-state index contributed by atoms with van der Waals surface area (Å²) in [5.41, 5.74) is 0.880. The molecular weight excluding hydrogens is 167 g/mol. The molecule has 13 heavy (non-hydrogen) atoms. The monoisotopic (exact) mass is 178 g/mol. The first kappa shape index (κ1) is 9.65. The lowest BCUT2D eigenvalue weighted by Gasteiger charge is -2.04. The Balaban J connectivity index is 3.27. The Morgan fingerprint density at radius 1 is 1.62 bits per heavy atom. The van der Waals surface area contributed by atoms with E-state index in [2.05, 4.69) is 6.58 Å². The van der Waals surface area contributed by atoms with Crippen LogP contribution in [0.3, 0.4) is 0 Å². The number of halogens is 1. The van der Waals surface area contributed by atoms with Gasteiger partial charge in [-0.05, 0) is 24.1 Å².